The molecule has 0 atom stereocenters. The van der Waals surface area contributed by atoms with Crippen molar-refractivity contribution in [2.45, 2.75) is 70.7 Å². The molecule has 0 saturated heterocycles. The van der Waals surface area contributed by atoms with Crippen LogP contribution >= 0.6 is 11.3 Å². The highest BCUT2D eigenvalue weighted by Crippen LogP contribution is 2.36. The molecule has 1 aromatic heterocycles. The van der Waals surface area contributed by atoms with Gasteiger partial charge in [0, 0.05) is 11.7 Å². The molecule has 1 fully saturated rings. The van der Waals surface area contributed by atoms with Gasteiger partial charge in [-0.3, -0.25) is 4.72 Å². The van der Waals surface area contributed by atoms with Crippen molar-refractivity contribution in [3.05, 3.63) is 58.8 Å². The van der Waals surface area contributed by atoms with E-state index < -0.39 is 10.0 Å². The molecule has 0 amide bonds. The second-order valence-electron chi connectivity index (χ2n) is 8.80. The van der Waals surface area contributed by atoms with Crippen molar-refractivity contribution in [3.8, 4) is 10.4 Å². The number of benzene rings is 2. The molecule has 1 aliphatic rings. The zero-order chi connectivity index (χ0) is 22.9. The smallest absolute Gasteiger partial charge is 0.262 e. The van der Waals surface area contributed by atoms with Crippen LogP contribution in [0.1, 0.15) is 54.5 Å². The molecule has 2 aromatic carbocycles. The molecule has 0 aliphatic heterocycles. The van der Waals surface area contributed by atoms with Crippen molar-refractivity contribution < 1.29 is 8.42 Å². The molecule has 32 heavy (non-hydrogen) atoms. The predicted octanol–water partition coefficient (Wildman–Crippen LogP) is 6.59. The lowest BCUT2D eigenvalue weighted by atomic mass is 9.96. The van der Waals surface area contributed by atoms with Gasteiger partial charge in [0.25, 0.3) is 10.0 Å². The van der Waals surface area contributed by atoms with Gasteiger partial charge in [0.2, 0.25) is 0 Å². The van der Waals surface area contributed by atoms with Gasteiger partial charge in [-0.1, -0.05) is 48.8 Å². The molecule has 0 unspecified atom stereocenters. The van der Waals surface area contributed by atoms with Crippen molar-refractivity contribution in [3.63, 3.8) is 0 Å². The maximum Gasteiger partial charge on any atom is 0.262 e. The summed E-state index contributed by atoms with van der Waals surface area (Å²) in [7, 11) is -3.71. The number of sulfonamides is 1. The molecule has 7 heteroatoms. The molecule has 1 aliphatic carbocycles. The third-order valence-corrected chi connectivity index (χ3v) is 8.89. The van der Waals surface area contributed by atoms with Crippen LogP contribution < -0.4 is 10.0 Å². The first-order valence-corrected chi connectivity index (χ1v) is 13.5. The number of aromatic nitrogens is 1. The predicted molar refractivity (Wildman–Crippen MR) is 134 cm³/mol. The third kappa shape index (κ3) is 4.99. The number of thiazole rings is 1. The van der Waals surface area contributed by atoms with Gasteiger partial charge in [0.05, 0.1) is 15.5 Å². The lowest BCUT2D eigenvalue weighted by Gasteiger charge is -2.22. The van der Waals surface area contributed by atoms with Crippen LogP contribution in [-0.4, -0.2) is 19.4 Å². The van der Waals surface area contributed by atoms with Gasteiger partial charge in [0.1, 0.15) is 0 Å². The average molecular weight is 470 g/mol. The molecule has 5 nitrogen and oxygen atoms in total. The van der Waals surface area contributed by atoms with Crippen molar-refractivity contribution in [1.29, 1.82) is 0 Å². The summed E-state index contributed by atoms with van der Waals surface area (Å²) in [5, 5.41) is 4.51. The van der Waals surface area contributed by atoms with Crippen molar-refractivity contribution >= 4 is 32.2 Å². The first-order chi connectivity index (χ1) is 15.2. The standard InChI is InChI=1S/C25H31N3O2S2/c1-16-11-13-22(14-18(16)3)28-32(29,30)23-15-20(12-10-17(23)2)24-19(4)26-25(31-24)27-21-8-6-5-7-9-21/h10-15,21,28H,5-9H2,1-4H3,(H,26,27). The van der Waals surface area contributed by atoms with Crippen LogP contribution in [0.5, 0.6) is 0 Å². The quantitative estimate of drug-likeness (QED) is 0.427. The van der Waals surface area contributed by atoms with Gasteiger partial charge in [-0.2, -0.15) is 0 Å². The van der Waals surface area contributed by atoms with Gasteiger partial charge in [0.15, 0.2) is 5.13 Å². The first kappa shape index (κ1) is 22.8. The van der Waals surface area contributed by atoms with E-state index in [9.17, 15) is 8.42 Å². The van der Waals surface area contributed by atoms with E-state index in [0.717, 1.165) is 32.4 Å². The van der Waals surface area contributed by atoms with Crippen LogP contribution in [0.4, 0.5) is 10.8 Å². The van der Waals surface area contributed by atoms with Gasteiger partial charge in [-0.15, -0.1) is 0 Å². The van der Waals surface area contributed by atoms with E-state index >= 15 is 0 Å². The summed E-state index contributed by atoms with van der Waals surface area (Å²) in [6.45, 7) is 7.80. The lowest BCUT2D eigenvalue weighted by molar-refractivity contribution is 0.462. The maximum atomic E-state index is 13.2. The number of hydrogen-bond acceptors (Lipinski definition) is 5. The molecule has 170 valence electrons. The Labute approximate surface area is 195 Å². The monoisotopic (exact) mass is 469 g/mol. The molecular weight excluding hydrogens is 438 g/mol. The van der Waals surface area contributed by atoms with Crippen LogP contribution in [0.15, 0.2) is 41.3 Å². The lowest BCUT2D eigenvalue weighted by Crippen LogP contribution is -2.21. The summed E-state index contributed by atoms with van der Waals surface area (Å²) in [5.74, 6) is 0. The fourth-order valence-corrected chi connectivity index (χ4v) is 6.55. The van der Waals surface area contributed by atoms with E-state index in [1.165, 1.54) is 32.1 Å². The van der Waals surface area contributed by atoms with Crippen LogP contribution in [0.2, 0.25) is 0 Å². The second-order valence-corrected chi connectivity index (χ2v) is 11.4. The Morgan fingerprint density at radius 1 is 0.906 bits per heavy atom. The average Bonchev–Trinajstić information content (AvgIpc) is 3.11. The molecule has 3 aromatic rings. The molecule has 1 heterocycles. The van der Waals surface area contributed by atoms with Gasteiger partial charge < -0.3 is 5.32 Å². The second kappa shape index (κ2) is 9.24. The summed E-state index contributed by atoms with van der Waals surface area (Å²) in [5.41, 5.74) is 5.27. The number of nitrogens with one attached hydrogen (secondary N) is 2. The normalized spacial score (nSPS) is 15.0. The Hall–Kier alpha value is -2.38. The summed E-state index contributed by atoms with van der Waals surface area (Å²) >= 11 is 1.60. The molecule has 0 spiro atoms. The SMILES string of the molecule is Cc1ccc(NS(=O)(=O)c2cc(-c3sc(NC4CCCCC4)nc3C)ccc2C)cc1C. The van der Waals surface area contributed by atoms with Gasteiger partial charge in [-0.25, -0.2) is 13.4 Å². The minimum absolute atomic E-state index is 0.294. The first-order valence-electron chi connectivity index (χ1n) is 11.2. The fraction of sp³-hybridized carbons (Fsp3) is 0.400. The zero-order valence-corrected chi connectivity index (χ0v) is 20.8. The minimum atomic E-state index is -3.71. The highest BCUT2D eigenvalue weighted by molar-refractivity contribution is 7.92. The number of hydrogen-bond donors (Lipinski definition) is 2. The molecule has 1 saturated carbocycles. The number of anilines is 2. The van der Waals surface area contributed by atoms with E-state index in [1.54, 1.807) is 23.5 Å². The number of rotatable bonds is 6. The Kier molecular flexibility index (Phi) is 6.58. The molecule has 4 rings (SSSR count). The number of aryl methyl sites for hydroxylation is 4. The third-order valence-electron chi connectivity index (χ3n) is 6.23. The van der Waals surface area contributed by atoms with E-state index in [4.69, 9.17) is 4.98 Å². The van der Waals surface area contributed by atoms with Crippen molar-refractivity contribution in [2.75, 3.05) is 10.0 Å². The molecule has 0 bridgehead atoms. The highest BCUT2D eigenvalue weighted by Gasteiger charge is 2.21. The Balaban J connectivity index is 1.61. The summed E-state index contributed by atoms with van der Waals surface area (Å²) in [4.78, 5) is 6.02. The molecule has 0 radical (unpaired) electrons. The van der Waals surface area contributed by atoms with E-state index in [0.29, 0.717) is 22.2 Å². The zero-order valence-electron chi connectivity index (χ0n) is 19.2. The Morgan fingerprint density at radius 2 is 1.62 bits per heavy atom. The Morgan fingerprint density at radius 3 is 2.34 bits per heavy atom. The maximum absolute atomic E-state index is 13.2. The summed E-state index contributed by atoms with van der Waals surface area (Å²) in [6.07, 6.45) is 6.22. The fourth-order valence-electron chi connectivity index (χ4n) is 4.19. The largest absolute Gasteiger partial charge is 0.359 e. The van der Waals surface area contributed by atoms with Crippen LogP contribution in [0.25, 0.3) is 10.4 Å². The molecule has 2 N–H and O–H groups in total. The minimum Gasteiger partial charge on any atom is -0.359 e. The topological polar surface area (TPSA) is 71.1 Å². The van der Waals surface area contributed by atoms with Crippen molar-refractivity contribution in [1.82, 2.24) is 4.98 Å². The van der Waals surface area contributed by atoms with Crippen LogP contribution in [0.3, 0.4) is 0 Å². The summed E-state index contributed by atoms with van der Waals surface area (Å²) < 4.78 is 29.2. The van der Waals surface area contributed by atoms with Crippen LogP contribution in [0, 0.1) is 27.7 Å². The van der Waals surface area contributed by atoms with E-state index in [2.05, 4.69) is 10.0 Å². The molecular formula is C25H31N3O2S2. The van der Waals surface area contributed by atoms with E-state index in [1.807, 2.05) is 52.0 Å². The highest BCUT2D eigenvalue weighted by atomic mass is 32.2. The van der Waals surface area contributed by atoms with Crippen molar-refractivity contribution in [2.24, 2.45) is 0 Å². The number of nitrogens with zero attached hydrogens (tertiary/aromatic N) is 1. The van der Waals surface area contributed by atoms with Gasteiger partial charge in [-0.05, 0) is 81.0 Å². The van der Waals surface area contributed by atoms with E-state index in [-0.39, 0.29) is 0 Å². The van der Waals surface area contributed by atoms with Gasteiger partial charge >= 0.3 is 0 Å². The summed E-state index contributed by atoms with van der Waals surface area (Å²) in [6, 6.07) is 11.7. The van der Waals surface area contributed by atoms with Crippen LogP contribution in [-0.2, 0) is 10.0 Å². The Bertz CT molecular complexity index is 1230.